The number of nitrogens with one attached hydrogen (secondary N) is 1. The molecule has 1 amide bonds. The van der Waals surface area contributed by atoms with Gasteiger partial charge in [-0.05, 0) is 52.2 Å². The zero-order valence-electron chi connectivity index (χ0n) is 17.6. The van der Waals surface area contributed by atoms with Gasteiger partial charge in [-0.25, -0.2) is 9.50 Å². The fourth-order valence-electron chi connectivity index (χ4n) is 4.17. The molecule has 0 radical (unpaired) electrons. The maximum Gasteiger partial charge on any atom is 0.225 e. The summed E-state index contributed by atoms with van der Waals surface area (Å²) in [5.74, 6) is 1.04. The minimum atomic E-state index is -0.00468. The summed E-state index contributed by atoms with van der Waals surface area (Å²) in [7, 11) is 0. The van der Waals surface area contributed by atoms with Gasteiger partial charge in [0.2, 0.25) is 5.91 Å². The number of aromatic nitrogens is 3. The van der Waals surface area contributed by atoms with Gasteiger partial charge in [0.25, 0.3) is 0 Å². The van der Waals surface area contributed by atoms with E-state index in [4.69, 9.17) is 5.10 Å². The number of aryl methyl sites for hydroxylation is 2. The van der Waals surface area contributed by atoms with Crippen LogP contribution in [0.1, 0.15) is 37.8 Å². The predicted molar refractivity (Wildman–Crippen MR) is 116 cm³/mol. The first-order chi connectivity index (χ1) is 13.9. The van der Waals surface area contributed by atoms with E-state index in [0.29, 0.717) is 6.54 Å². The highest BCUT2D eigenvalue weighted by molar-refractivity contribution is 5.81. The summed E-state index contributed by atoms with van der Waals surface area (Å²) in [5, 5.41) is 7.85. The Balaban J connectivity index is 1.66. The van der Waals surface area contributed by atoms with Crippen molar-refractivity contribution in [1.29, 1.82) is 0 Å². The van der Waals surface area contributed by atoms with Gasteiger partial charge in [0.15, 0.2) is 5.82 Å². The molecule has 0 bridgehead atoms. The molecule has 4 rings (SSSR count). The minimum absolute atomic E-state index is 0.00468. The first-order valence-electron chi connectivity index (χ1n) is 10.4. The van der Waals surface area contributed by atoms with Crippen molar-refractivity contribution in [3.05, 3.63) is 47.8 Å². The lowest BCUT2D eigenvalue weighted by atomic mass is 9.96. The number of benzene rings is 1. The molecule has 3 aromatic rings. The number of piperidine rings is 1. The fraction of sp³-hybridized carbons (Fsp3) is 0.435. The van der Waals surface area contributed by atoms with Crippen LogP contribution in [0.25, 0.3) is 16.8 Å². The number of hydrogen-bond acceptors (Lipinski definition) is 4. The number of anilines is 1. The molecule has 6 heteroatoms. The number of carbonyl (C=O) groups excluding carboxylic acids is 1. The van der Waals surface area contributed by atoms with Crippen LogP contribution in [0.4, 0.5) is 5.82 Å². The van der Waals surface area contributed by atoms with Crippen LogP contribution >= 0.6 is 0 Å². The van der Waals surface area contributed by atoms with E-state index in [1.54, 1.807) is 6.20 Å². The zero-order valence-corrected chi connectivity index (χ0v) is 17.6. The SMILES string of the molecule is Cc1ccc(-c2cc3c(N4CCC[C@@H](C(=O)NC(C)C)C4)nccn3n2)c(C)c1. The first-order valence-corrected chi connectivity index (χ1v) is 10.4. The summed E-state index contributed by atoms with van der Waals surface area (Å²) in [4.78, 5) is 19.4. The Morgan fingerprint density at radius 3 is 2.83 bits per heavy atom. The zero-order chi connectivity index (χ0) is 20.5. The Hall–Kier alpha value is -2.89. The molecule has 1 aromatic carbocycles. The molecule has 6 nitrogen and oxygen atoms in total. The Bertz CT molecular complexity index is 1040. The van der Waals surface area contributed by atoms with Crippen molar-refractivity contribution in [3.63, 3.8) is 0 Å². The standard InChI is InChI=1S/C23H29N5O/c1-15(2)25-23(29)18-6-5-10-27(14-18)22-21-13-20(26-28(21)11-9-24-22)19-8-7-16(3)12-17(19)4/h7-9,11-13,15,18H,5-6,10,14H2,1-4H3,(H,25,29)/t18-/m1/s1. The molecule has 2 aromatic heterocycles. The molecule has 0 spiro atoms. The lowest BCUT2D eigenvalue weighted by molar-refractivity contribution is -0.125. The van der Waals surface area contributed by atoms with Gasteiger partial charge in [-0.3, -0.25) is 4.79 Å². The Morgan fingerprint density at radius 2 is 2.07 bits per heavy atom. The molecule has 1 N–H and O–H groups in total. The topological polar surface area (TPSA) is 62.5 Å². The van der Waals surface area contributed by atoms with Gasteiger partial charge in [0.1, 0.15) is 5.52 Å². The lowest BCUT2D eigenvalue weighted by Crippen LogP contribution is -2.45. The highest BCUT2D eigenvalue weighted by Gasteiger charge is 2.28. The number of rotatable bonds is 4. The second kappa shape index (κ2) is 7.85. The largest absolute Gasteiger partial charge is 0.354 e. The third-order valence-electron chi connectivity index (χ3n) is 5.55. The van der Waals surface area contributed by atoms with E-state index < -0.39 is 0 Å². The van der Waals surface area contributed by atoms with Crippen molar-refractivity contribution in [2.45, 2.75) is 46.6 Å². The van der Waals surface area contributed by atoms with Crippen LogP contribution in [0.5, 0.6) is 0 Å². The van der Waals surface area contributed by atoms with E-state index >= 15 is 0 Å². The van der Waals surface area contributed by atoms with Crippen LogP contribution in [0, 0.1) is 19.8 Å². The molecule has 152 valence electrons. The third-order valence-corrected chi connectivity index (χ3v) is 5.55. The molecule has 3 heterocycles. The molecule has 1 saturated heterocycles. The highest BCUT2D eigenvalue weighted by atomic mass is 16.2. The van der Waals surface area contributed by atoms with Gasteiger partial charge in [-0.1, -0.05) is 23.8 Å². The normalized spacial score (nSPS) is 17.1. The van der Waals surface area contributed by atoms with Crippen LogP contribution in [0.2, 0.25) is 0 Å². The summed E-state index contributed by atoms with van der Waals surface area (Å²) in [5.41, 5.74) is 5.52. The molecule has 1 atom stereocenters. The predicted octanol–water partition coefficient (Wildman–Crippen LogP) is 3.75. The third kappa shape index (κ3) is 3.97. The van der Waals surface area contributed by atoms with Crippen molar-refractivity contribution in [2.75, 3.05) is 18.0 Å². The summed E-state index contributed by atoms with van der Waals surface area (Å²) in [6, 6.07) is 8.70. The smallest absolute Gasteiger partial charge is 0.225 e. The first kappa shape index (κ1) is 19.4. The number of fused-ring (bicyclic) bond motifs is 1. The van der Waals surface area contributed by atoms with E-state index in [0.717, 1.165) is 42.0 Å². The van der Waals surface area contributed by atoms with Crippen molar-refractivity contribution >= 4 is 17.2 Å². The number of hydrogen-bond donors (Lipinski definition) is 1. The second-order valence-corrected chi connectivity index (χ2v) is 8.38. The summed E-state index contributed by atoms with van der Waals surface area (Å²) in [6.07, 6.45) is 5.58. The molecule has 1 aliphatic heterocycles. The van der Waals surface area contributed by atoms with Crippen molar-refractivity contribution in [3.8, 4) is 11.3 Å². The maximum atomic E-state index is 12.5. The molecule has 1 fully saturated rings. The van der Waals surface area contributed by atoms with Gasteiger partial charge in [0.05, 0.1) is 11.6 Å². The van der Waals surface area contributed by atoms with Crippen LogP contribution in [-0.4, -0.2) is 39.6 Å². The fourth-order valence-corrected chi connectivity index (χ4v) is 4.17. The Kier molecular flexibility index (Phi) is 5.26. The van der Waals surface area contributed by atoms with Crippen molar-refractivity contribution in [2.24, 2.45) is 5.92 Å². The van der Waals surface area contributed by atoms with Gasteiger partial charge in [0, 0.05) is 37.1 Å². The van der Waals surface area contributed by atoms with E-state index in [1.807, 2.05) is 24.6 Å². The summed E-state index contributed by atoms with van der Waals surface area (Å²) < 4.78 is 1.90. The van der Waals surface area contributed by atoms with E-state index in [2.05, 4.69) is 53.3 Å². The van der Waals surface area contributed by atoms with Gasteiger partial charge < -0.3 is 10.2 Å². The van der Waals surface area contributed by atoms with Gasteiger partial charge in [-0.2, -0.15) is 5.10 Å². The highest BCUT2D eigenvalue weighted by Crippen LogP contribution is 2.29. The van der Waals surface area contributed by atoms with Gasteiger partial charge in [-0.15, -0.1) is 0 Å². The van der Waals surface area contributed by atoms with E-state index in [1.165, 1.54) is 11.1 Å². The van der Waals surface area contributed by atoms with Crippen molar-refractivity contribution < 1.29 is 4.79 Å². The quantitative estimate of drug-likeness (QED) is 0.736. The Morgan fingerprint density at radius 1 is 1.24 bits per heavy atom. The molecular formula is C23H29N5O. The molecular weight excluding hydrogens is 362 g/mol. The van der Waals surface area contributed by atoms with Gasteiger partial charge >= 0.3 is 0 Å². The summed E-state index contributed by atoms with van der Waals surface area (Å²) >= 11 is 0. The molecule has 0 unspecified atom stereocenters. The van der Waals surface area contributed by atoms with E-state index in [9.17, 15) is 4.79 Å². The number of carbonyl (C=O) groups is 1. The Labute approximate surface area is 171 Å². The average molecular weight is 392 g/mol. The maximum absolute atomic E-state index is 12.5. The van der Waals surface area contributed by atoms with Crippen LogP contribution in [0.15, 0.2) is 36.7 Å². The second-order valence-electron chi connectivity index (χ2n) is 8.38. The monoisotopic (exact) mass is 391 g/mol. The molecule has 0 saturated carbocycles. The molecule has 1 aliphatic rings. The number of nitrogens with zero attached hydrogens (tertiary/aromatic N) is 4. The van der Waals surface area contributed by atoms with Crippen LogP contribution in [0.3, 0.4) is 0 Å². The van der Waals surface area contributed by atoms with Crippen LogP contribution in [-0.2, 0) is 4.79 Å². The van der Waals surface area contributed by atoms with E-state index in [-0.39, 0.29) is 17.9 Å². The number of amides is 1. The minimum Gasteiger partial charge on any atom is -0.354 e. The average Bonchev–Trinajstić information content (AvgIpc) is 3.11. The lowest BCUT2D eigenvalue weighted by Gasteiger charge is -2.33. The summed E-state index contributed by atoms with van der Waals surface area (Å²) in [6.45, 7) is 9.82. The molecule has 29 heavy (non-hydrogen) atoms. The van der Waals surface area contributed by atoms with Crippen molar-refractivity contribution in [1.82, 2.24) is 19.9 Å². The van der Waals surface area contributed by atoms with Crippen LogP contribution < -0.4 is 10.2 Å². The molecule has 0 aliphatic carbocycles.